The number of benzene rings is 1. The van der Waals surface area contributed by atoms with Gasteiger partial charge in [0, 0.05) is 5.56 Å². The molecule has 0 aliphatic heterocycles. The molecule has 1 aromatic carbocycles. The van der Waals surface area contributed by atoms with Crippen molar-refractivity contribution in [2.24, 2.45) is 5.41 Å². The number of ether oxygens (including phenoxy) is 1. The van der Waals surface area contributed by atoms with Crippen molar-refractivity contribution in [3.8, 4) is 0 Å². The van der Waals surface area contributed by atoms with Crippen LogP contribution in [-0.4, -0.2) is 12.6 Å². The molecule has 170 valence electrons. The van der Waals surface area contributed by atoms with E-state index in [-0.39, 0.29) is 17.2 Å². The van der Waals surface area contributed by atoms with Crippen molar-refractivity contribution in [1.29, 1.82) is 0 Å². The second-order valence-corrected chi connectivity index (χ2v) is 9.44. The molecule has 1 aromatic rings. The molecule has 0 bridgehead atoms. The van der Waals surface area contributed by atoms with Gasteiger partial charge in [0.15, 0.2) is 0 Å². The Morgan fingerprint density at radius 3 is 2.32 bits per heavy atom. The molecule has 0 saturated carbocycles. The predicted octanol–water partition coefficient (Wildman–Crippen LogP) is 8.60. The van der Waals surface area contributed by atoms with Gasteiger partial charge in [-0.05, 0) is 73.8 Å². The highest BCUT2D eigenvalue weighted by Crippen LogP contribution is 2.46. The maximum atomic E-state index is 15.3. The van der Waals surface area contributed by atoms with Crippen LogP contribution in [0.1, 0.15) is 102 Å². The van der Waals surface area contributed by atoms with Gasteiger partial charge in [-0.2, -0.15) is 0 Å². The van der Waals surface area contributed by atoms with Gasteiger partial charge >= 0.3 is 5.97 Å². The fraction of sp³-hybridized carbons (Fsp3) is 0.536. The molecule has 1 aliphatic rings. The number of hydrogen-bond donors (Lipinski definition) is 0. The second-order valence-electron chi connectivity index (χ2n) is 9.44. The lowest BCUT2D eigenvalue weighted by Crippen LogP contribution is -2.22. The molecule has 0 N–H and O–H groups in total. The van der Waals surface area contributed by atoms with E-state index in [0.29, 0.717) is 23.3 Å². The summed E-state index contributed by atoms with van der Waals surface area (Å²) in [6.45, 7) is 15.2. The number of esters is 1. The monoisotopic (exact) mass is 426 g/mol. The Morgan fingerprint density at radius 1 is 1.10 bits per heavy atom. The molecule has 0 amide bonds. The van der Waals surface area contributed by atoms with Crippen LogP contribution in [-0.2, 0) is 4.74 Å². The van der Waals surface area contributed by atoms with Crippen LogP contribution < -0.4 is 0 Å². The highest BCUT2D eigenvalue weighted by atomic mass is 19.1. The van der Waals surface area contributed by atoms with Crippen LogP contribution in [0.4, 0.5) is 4.39 Å². The summed E-state index contributed by atoms with van der Waals surface area (Å²) in [5.41, 5.74) is 4.75. The molecule has 0 fully saturated rings. The Labute approximate surface area is 188 Å². The van der Waals surface area contributed by atoms with Crippen molar-refractivity contribution < 1.29 is 13.9 Å². The number of halogens is 1. The van der Waals surface area contributed by atoms with E-state index in [9.17, 15) is 4.79 Å². The first kappa shape index (κ1) is 25.1. The first-order chi connectivity index (χ1) is 14.7. The van der Waals surface area contributed by atoms with E-state index >= 15 is 4.39 Å². The summed E-state index contributed by atoms with van der Waals surface area (Å²) in [4.78, 5) is 12.2. The van der Waals surface area contributed by atoms with Gasteiger partial charge in [0.25, 0.3) is 0 Å². The van der Waals surface area contributed by atoms with Gasteiger partial charge in [0.05, 0.1) is 12.2 Å². The largest absolute Gasteiger partial charge is 0.462 e. The minimum Gasteiger partial charge on any atom is -0.462 e. The van der Waals surface area contributed by atoms with Crippen LogP contribution in [0.15, 0.2) is 53.1 Å². The van der Waals surface area contributed by atoms with Crippen LogP contribution in [0, 0.1) is 5.41 Å². The molecule has 0 saturated heterocycles. The molecule has 0 unspecified atom stereocenters. The van der Waals surface area contributed by atoms with E-state index in [1.165, 1.54) is 30.4 Å². The molecule has 2 nitrogen and oxygen atoms in total. The second kappa shape index (κ2) is 11.5. The first-order valence-corrected chi connectivity index (χ1v) is 11.7. The molecule has 0 atom stereocenters. The molecule has 0 aromatic heterocycles. The first-order valence-electron chi connectivity index (χ1n) is 11.7. The minimum atomic E-state index is -0.350. The normalized spacial score (nSPS) is 16.7. The summed E-state index contributed by atoms with van der Waals surface area (Å²) < 4.78 is 20.6. The third-order valence-corrected chi connectivity index (χ3v) is 6.40. The molecular formula is C28H39FO2. The summed E-state index contributed by atoms with van der Waals surface area (Å²) in [6, 6.07) is 6.58. The summed E-state index contributed by atoms with van der Waals surface area (Å²) >= 11 is 0. The van der Waals surface area contributed by atoms with Crippen LogP contribution in [0.3, 0.4) is 0 Å². The maximum Gasteiger partial charge on any atom is 0.338 e. The van der Waals surface area contributed by atoms with Gasteiger partial charge in [-0.15, -0.1) is 0 Å². The van der Waals surface area contributed by atoms with Crippen LogP contribution in [0.2, 0.25) is 0 Å². The Balaban J connectivity index is 2.06. The number of carbonyl (C=O) groups excluding carboxylic acids is 1. The number of carbonyl (C=O) groups is 1. The lowest BCUT2D eigenvalue weighted by molar-refractivity contribution is 0.0497. The van der Waals surface area contributed by atoms with Crippen molar-refractivity contribution in [1.82, 2.24) is 0 Å². The molecule has 0 spiro atoms. The molecule has 2 rings (SSSR count). The van der Waals surface area contributed by atoms with Gasteiger partial charge in [-0.25, -0.2) is 9.18 Å². The smallest absolute Gasteiger partial charge is 0.338 e. The highest BCUT2D eigenvalue weighted by molar-refractivity contribution is 5.89. The quantitative estimate of drug-likeness (QED) is 0.213. The average molecular weight is 427 g/mol. The van der Waals surface area contributed by atoms with Crippen molar-refractivity contribution in [2.45, 2.75) is 86.0 Å². The number of unbranched alkanes of at least 4 members (excludes halogenated alkanes) is 4. The zero-order valence-electron chi connectivity index (χ0n) is 20.1. The third kappa shape index (κ3) is 6.66. The topological polar surface area (TPSA) is 26.3 Å². The lowest BCUT2D eigenvalue weighted by Gasteiger charge is -2.36. The van der Waals surface area contributed by atoms with E-state index in [1.54, 1.807) is 31.2 Å². The van der Waals surface area contributed by atoms with E-state index < -0.39 is 0 Å². The fourth-order valence-electron chi connectivity index (χ4n) is 4.53. The van der Waals surface area contributed by atoms with E-state index in [1.807, 2.05) is 0 Å². The third-order valence-electron chi connectivity index (χ3n) is 6.40. The average Bonchev–Trinajstić information content (AvgIpc) is 2.74. The van der Waals surface area contributed by atoms with Crippen LogP contribution in [0.25, 0.3) is 5.83 Å². The molecule has 0 radical (unpaired) electrons. The minimum absolute atomic E-state index is 0.00507. The SMILES string of the molecule is C=C(C(C)=C(F)c1ccc(C(=O)OCCCCCCC)cc1)C1=C(C)CCCC1(C)C. The number of hydrogen-bond acceptors (Lipinski definition) is 2. The van der Waals surface area contributed by atoms with Crippen molar-refractivity contribution >= 4 is 11.8 Å². The standard InChI is InChI=1S/C28H39FO2/c1-7-8-9-10-11-19-31-27(30)24-16-14-23(15-17-24)26(29)22(4)21(3)25-20(2)13-12-18-28(25,5)6/h14-17H,3,7-13,18-19H2,1-2,4-6H3. The van der Waals surface area contributed by atoms with Crippen molar-refractivity contribution in [3.05, 3.63) is 64.3 Å². The highest BCUT2D eigenvalue weighted by Gasteiger charge is 2.31. The van der Waals surface area contributed by atoms with Gasteiger partial charge in [0.1, 0.15) is 5.83 Å². The van der Waals surface area contributed by atoms with Crippen molar-refractivity contribution in [3.63, 3.8) is 0 Å². The van der Waals surface area contributed by atoms with E-state index in [4.69, 9.17) is 4.74 Å². The molecule has 1 aliphatic carbocycles. The van der Waals surface area contributed by atoms with E-state index in [0.717, 1.165) is 37.7 Å². The van der Waals surface area contributed by atoms with Crippen molar-refractivity contribution in [2.75, 3.05) is 6.61 Å². The predicted molar refractivity (Wildman–Crippen MR) is 129 cm³/mol. The summed E-state index contributed by atoms with van der Waals surface area (Å²) in [6.07, 6.45) is 8.84. The number of allylic oxidation sites excluding steroid dienone is 4. The maximum absolute atomic E-state index is 15.3. The van der Waals surface area contributed by atoms with Gasteiger partial charge in [0.2, 0.25) is 0 Å². The molecular weight excluding hydrogens is 387 g/mol. The summed E-state index contributed by atoms with van der Waals surface area (Å²) in [7, 11) is 0. The number of rotatable bonds is 10. The fourth-order valence-corrected chi connectivity index (χ4v) is 4.53. The zero-order chi connectivity index (χ0) is 23.0. The Hall–Kier alpha value is -2.16. The summed E-state index contributed by atoms with van der Waals surface area (Å²) in [5, 5.41) is 0. The Bertz CT molecular complexity index is 840. The zero-order valence-corrected chi connectivity index (χ0v) is 20.1. The molecule has 3 heteroatoms. The molecule has 31 heavy (non-hydrogen) atoms. The Kier molecular flexibility index (Phi) is 9.28. The lowest BCUT2D eigenvalue weighted by atomic mass is 9.69. The Morgan fingerprint density at radius 2 is 1.71 bits per heavy atom. The summed E-state index contributed by atoms with van der Waals surface area (Å²) in [5.74, 6) is -0.639. The molecule has 0 heterocycles. The van der Waals surface area contributed by atoms with E-state index in [2.05, 4.69) is 34.3 Å². The van der Waals surface area contributed by atoms with Gasteiger partial charge < -0.3 is 4.74 Å². The van der Waals surface area contributed by atoms with Gasteiger partial charge in [-0.1, -0.05) is 70.7 Å². The van der Waals surface area contributed by atoms with Crippen LogP contribution in [0.5, 0.6) is 0 Å². The van der Waals surface area contributed by atoms with Crippen LogP contribution >= 0.6 is 0 Å². The van der Waals surface area contributed by atoms with Gasteiger partial charge in [-0.3, -0.25) is 0 Å².